The van der Waals surface area contributed by atoms with Crippen LogP contribution in [0, 0.1) is 16.0 Å². The quantitative estimate of drug-likeness (QED) is 0.265. The molecule has 3 aromatic rings. The second-order valence-corrected chi connectivity index (χ2v) is 7.73. The predicted octanol–water partition coefficient (Wildman–Crippen LogP) is 4.71. The standard InChI is InChI=1S/C21H23N5O2S/c1-14(2)11-16-7-9-18(10-8-16)15(3)20-23-24-21(29)25(20)22-13-17-5-4-6-19(12-17)26(27)28/h4-10,12-15H,11H2,1-3H3,(H,24,29). The zero-order chi connectivity index (χ0) is 21.0. The number of hydrogen-bond donors (Lipinski definition) is 1. The van der Waals surface area contributed by atoms with Gasteiger partial charge in [-0.3, -0.25) is 10.1 Å². The summed E-state index contributed by atoms with van der Waals surface area (Å²) in [6.07, 6.45) is 2.58. The summed E-state index contributed by atoms with van der Waals surface area (Å²) >= 11 is 4.35. The first-order valence-corrected chi connectivity index (χ1v) is 9.81. The van der Waals surface area contributed by atoms with Gasteiger partial charge < -0.3 is 0 Å². The van der Waals surface area contributed by atoms with Gasteiger partial charge in [-0.1, -0.05) is 57.2 Å². The maximum absolute atomic E-state index is 10.9. The number of nitro groups is 1. The van der Waals surface area contributed by atoms with Gasteiger partial charge in [0.2, 0.25) is 5.16 Å². The Hall–Kier alpha value is -3.00. The van der Waals surface area contributed by atoms with Crippen LogP contribution in [0.1, 0.15) is 49.2 Å². The van der Waals surface area contributed by atoms with Crippen molar-refractivity contribution in [2.75, 3.05) is 0 Å². The van der Waals surface area contributed by atoms with Gasteiger partial charge in [0.05, 0.1) is 11.1 Å². The van der Waals surface area contributed by atoms with Gasteiger partial charge in [0.15, 0.2) is 5.82 Å². The van der Waals surface area contributed by atoms with Crippen molar-refractivity contribution in [1.82, 2.24) is 14.9 Å². The van der Waals surface area contributed by atoms with Crippen LogP contribution in [0.2, 0.25) is 0 Å². The van der Waals surface area contributed by atoms with Crippen LogP contribution in [0.25, 0.3) is 0 Å². The Morgan fingerprint density at radius 3 is 2.55 bits per heavy atom. The van der Waals surface area contributed by atoms with Crippen LogP contribution in [0.5, 0.6) is 0 Å². The van der Waals surface area contributed by atoms with E-state index < -0.39 is 4.92 Å². The molecule has 0 aliphatic rings. The van der Waals surface area contributed by atoms with Crippen molar-refractivity contribution in [3.63, 3.8) is 0 Å². The molecule has 29 heavy (non-hydrogen) atoms. The van der Waals surface area contributed by atoms with E-state index in [0.29, 0.717) is 22.5 Å². The third-order valence-corrected chi connectivity index (χ3v) is 4.84. The lowest BCUT2D eigenvalue weighted by molar-refractivity contribution is -0.384. The molecule has 3 rings (SSSR count). The van der Waals surface area contributed by atoms with Crippen molar-refractivity contribution < 1.29 is 4.92 Å². The van der Waals surface area contributed by atoms with Crippen LogP contribution < -0.4 is 0 Å². The average Bonchev–Trinajstić information content (AvgIpc) is 3.06. The van der Waals surface area contributed by atoms with E-state index in [-0.39, 0.29) is 11.6 Å². The molecule has 150 valence electrons. The molecule has 0 aliphatic carbocycles. The number of rotatable bonds is 7. The maximum Gasteiger partial charge on any atom is 0.270 e. The van der Waals surface area contributed by atoms with Gasteiger partial charge in [0.25, 0.3) is 5.69 Å². The van der Waals surface area contributed by atoms with Crippen LogP contribution >= 0.6 is 12.6 Å². The topological polar surface area (TPSA) is 86.2 Å². The van der Waals surface area contributed by atoms with Crippen molar-refractivity contribution in [3.8, 4) is 0 Å². The molecular formula is C21H23N5O2S. The summed E-state index contributed by atoms with van der Waals surface area (Å²) < 4.78 is 1.55. The molecule has 1 heterocycles. The van der Waals surface area contributed by atoms with Crippen molar-refractivity contribution in [2.45, 2.75) is 38.3 Å². The van der Waals surface area contributed by atoms with Gasteiger partial charge in [-0.15, -0.1) is 22.8 Å². The third-order valence-electron chi connectivity index (χ3n) is 4.56. The highest BCUT2D eigenvalue weighted by Crippen LogP contribution is 2.25. The van der Waals surface area contributed by atoms with Crippen LogP contribution in [0.4, 0.5) is 5.69 Å². The second-order valence-electron chi connectivity index (χ2n) is 7.33. The van der Waals surface area contributed by atoms with Gasteiger partial charge in [-0.25, -0.2) is 0 Å². The lowest BCUT2D eigenvalue weighted by Gasteiger charge is -2.12. The zero-order valence-corrected chi connectivity index (χ0v) is 17.5. The Kier molecular flexibility index (Phi) is 6.43. The molecule has 7 nitrogen and oxygen atoms in total. The van der Waals surface area contributed by atoms with E-state index in [9.17, 15) is 10.1 Å². The van der Waals surface area contributed by atoms with Crippen molar-refractivity contribution >= 4 is 24.5 Å². The van der Waals surface area contributed by atoms with E-state index in [2.05, 4.69) is 66.0 Å². The third kappa shape index (κ3) is 5.08. The van der Waals surface area contributed by atoms with Gasteiger partial charge >= 0.3 is 0 Å². The molecule has 0 saturated heterocycles. The Labute approximate surface area is 175 Å². The van der Waals surface area contributed by atoms with E-state index >= 15 is 0 Å². The Bertz CT molecular complexity index is 1030. The number of benzene rings is 2. The fourth-order valence-electron chi connectivity index (χ4n) is 3.07. The molecule has 0 radical (unpaired) electrons. The number of nitro benzene ring substituents is 1. The van der Waals surface area contributed by atoms with Gasteiger partial charge in [0, 0.05) is 23.6 Å². The number of aromatic nitrogens is 3. The highest BCUT2D eigenvalue weighted by Gasteiger charge is 2.18. The molecule has 0 aliphatic heterocycles. The van der Waals surface area contributed by atoms with Crippen molar-refractivity contribution in [3.05, 3.63) is 81.2 Å². The Morgan fingerprint density at radius 1 is 1.17 bits per heavy atom. The van der Waals surface area contributed by atoms with Crippen molar-refractivity contribution in [2.24, 2.45) is 11.0 Å². The molecule has 0 saturated carbocycles. The highest BCUT2D eigenvalue weighted by atomic mass is 32.1. The van der Waals surface area contributed by atoms with Crippen LogP contribution in [-0.4, -0.2) is 26.0 Å². The molecule has 1 atom stereocenters. The first-order valence-electron chi connectivity index (χ1n) is 9.37. The predicted molar refractivity (Wildman–Crippen MR) is 116 cm³/mol. The first kappa shape index (κ1) is 20.7. The molecule has 1 aromatic heterocycles. The minimum absolute atomic E-state index is 0.0129. The molecular weight excluding hydrogens is 386 g/mol. The molecule has 0 fully saturated rings. The van der Waals surface area contributed by atoms with Gasteiger partial charge in [-0.2, -0.15) is 9.78 Å². The number of hydrogen-bond acceptors (Lipinski definition) is 6. The molecule has 0 N–H and O–H groups in total. The lowest BCUT2D eigenvalue weighted by atomic mass is 9.96. The van der Waals surface area contributed by atoms with Gasteiger partial charge in [-0.05, 0) is 23.5 Å². The minimum atomic E-state index is -0.434. The fourth-order valence-corrected chi connectivity index (χ4v) is 3.27. The summed E-state index contributed by atoms with van der Waals surface area (Å²) in [6.45, 7) is 6.44. The fraction of sp³-hybridized carbons (Fsp3) is 0.286. The summed E-state index contributed by atoms with van der Waals surface area (Å²) in [5, 5.41) is 24.0. The number of nitrogens with zero attached hydrogens (tertiary/aromatic N) is 5. The molecule has 0 spiro atoms. The molecule has 0 amide bonds. The summed E-state index contributed by atoms with van der Waals surface area (Å²) in [6, 6.07) is 14.7. The van der Waals surface area contributed by atoms with Crippen LogP contribution in [-0.2, 0) is 6.42 Å². The summed E-state index contributed by atoms with van der Waals surface area (Å²) in [5.41, 5.74) is 3.03. The largest absolute Gasteiger partial charge is 0.270 e. The monoisotopic (exact) mass is 409 g/mol. The summed E-state index contributed by atoms with van der Waals surface area (Å²) in [7, 11) is 0. The minimum Gasteiger partial charge on any atom is -0.258 e. The molecule has 1 unspecified atom stereocenters. The van der Waals surface area contributed by atoms with E-state index in [4.69, 9.17) is 0 Å². The average molecular weight is 410 g/mol. The Balaban J connectivity index is 1.85. The first-order chi connectivity index (χ1) is 13.8. The maximum atomic E-state index is 10.9. The SMILES string of the molecule is CC(C)Cc1ccc(C(C)c2nnc(S)n2N=Cc2cccc([N+](=O)[O-])c2)cc1. The number of non-ortho nitro benzene ring substituents is 1. The Morgan fingerprint density at radius 2 is 1.90 bits per heavy atom. The summed E-state index contributed by atoms with van der Waals surface area (Å²) in [4.78, 5) is 10.5. The molecule has 8 heteroatoms. The van der Waals surface area contributed by atoms with Crippen LogP contribution in [0.3, 0.4) is 0 Å². The van der Waals surface area contributed by atoms with E-state index in [0.717, 1.165) is 12.0 Å². The highest BCUT2D eigenvalue weighted by molar-refractivity contribution is 7.80. The zero-order valence-electron chi connectivity index (χ0n) is 16.6. The van der Waals surface area contributed by atoms with E-state index in [1.807, 2.05) is 6.92 Å². The van der Waals surface area contributed by atoms with E-state index in [1.165, 1.54) is 23.9 Å². The van der Waals surface area contributed by atoms with Crippen molar-refractivity contribution in [1.29, 1.82) is 0 Å². The van der Waals surface area contributed by atoms with Gasteiger partial charge in [0.1, 0.15) is 0 Å². The second kappa shape index (κ2) is 9.00. The summed E-state index contributed by atoms with van der Waals surface area (Å²) in [5.74, 6) is 1.21. The van der Waals surface area contributed by atoms with E-state index in [1.54, 1.807) is 16.8 Å². The van der Waals surface area contributed by atoms with Crippen LogP contribution in [0.15, 0.2) is 58.8 Å². The smallest absolute Gasteiger partial charge is 0.258 e. The number of thiol groups is 1. The lowest BCUT2D eigenvalue weighted by Crippen LogP contribution is -2.06. The molecule has 0 bridgehead atoms. The molecule has 2 aromatic carbocycles. The normalized spacial score (nSPS) is 12.6.